The Hall–Kier alpha value is -1.68. The number of nitrogens with zero attached hydrogens (tertiary/aromatic N) is 2. The Balaban J connectivity index is 1.48. The van der Waals surface area contributed by atoms with Crippen LogP contribution in [0.2, 0.25) is 0 Å². The summed E-state index contributed by atoms with van der Waals surface area (Å²) in [7, 11) is 0. The maximum absolute atomic E-state index is 12.6. The van der Waals surface area contributed by atoms with E-state index in [2.05, 4.69) is 18.7 Å². The third-order valence-corrected chi connectivity index (χ3v) is 5.60. The van der Waals surface area contributed by atoms with Crippen molar-refractivity contribution in [3.8, 4) is 0 Å². The highest BCUT2D eigenvalue weighted by Crippen LogP contribution is 2.23. The van der Waals surface area contributed by atoms with Gasteiger partial charge in [0.25, 0.3) is 0 Å². The number of piperidine rings is 2. The molecule has 3 rings (SSSR count). The van der Waals surface area contributed by atoms with E-state index in [-0.39, 0.29) is 17.6 Å². The van der Waals surface area contributed by atoms with Gasteiger partial charge in [-0.2, -0.15) is 0 Å². The zero-order valence-electron chi connectivity index (χ0n) is 15.5. The van der Waals surface area contributed by atoms with E-state index in [0.29, 0.717) is 18.4 Å². The van der Waals surface area contributed by atoms with E-state index in [0.717, 1.165) is 44.6 Å². The number of hydrogen-bond donors (Lipinski definition) is 0. The summed E-state index contributed by atoms with van der Waals surface area (Å²) in [5, 5.41) is 0. The summed E-state index contributed by atoms with van der Waals surface area (Å²) in [6.07, 6.45) is 2.93. The molecular formula is C21H30N2O2. The second-order valence-electron chi connectivity index (χ2n) is 8.03. The Morgan fingerprint density at radius 3 is 2.20 bits per heavy atom. The van der Waals surface area contributed by atoms with Crippen LogP contribution in [0.15, 0.2) is 30.3 Å². The van der Waals surface area contributed by atoms with Crippen LogP contribution in [0, 0.1) is 17.8 Å². The van der Waals surface area contributed by atoms with E-state index in [1.54, 1.807) is 0 Å². The van der Waals surface area contributed by atoms with Gasteiger partial charge >= 0.3 is 0 Å². The number of carbonyl (C=O) groups excluding carboxylic acids is 2. The molecule has 0 spiro atoms. The van der Waals surface area contributed by atoms with E-state index >= 15 is 0 Å². The summed E-state index contributed by atoms with van der Waals surface area (Å²) in [6.45, 7) is 8.44. The van der Waals surface area contributed by atoms with Crippen molar-refractivity contribution in [2.75, 3.05) is 32.7 Å². The highest BCUT2D eigenvalue weighted by Gasteiger charge is 2.29. The topological polar surface area (TPSA) is 40.6 Å². The summed E-state index contributed by atoms with van der Waals surface area (Å²) in [6, 6.07) is 9.57. The van der Waals surface area contributed by atoms with Crippen LogP contribution in [0.25, 0.3) is 0 Å². The van der Waals surface area contributed by atoms with Crippen molar-refractivity contribution in [3.63, 3.8) is 0 Å². The molecule has 2 unspecified atom stereocenters. The number of Topliss-reactive ketones (excluding diaryl/α,β-unsaturated/α-hetero) is 1. The van der Waals surface area contributed by atoms with Gasteiger partial charge in [0.05, 0.1) is 6.54 Å². The first kappa shape index (κ1) is 18.1. The second kappa shape index (κ2) is 8.13. The van der Waals surface area contributed by atoms with Gasteiger partial charge < -0.3 is 4.90 Å². The molecule has 2 aliphatic heterocycles. The lowest BCUT2D eigenvalue weighted by Crippen LogP contribution is -2.48. The standard InChI is InChI=1S/C21H30N2O2/c1-16-12-17(2)14-23(13-16)20(24)15-22-10-8-19(9-11-22)21(25)18-6-4-3-5-7-18/h3-7,16-17,19H,8-15H2,1-2H3. The van der Waals surface area contributed by atoms with E-state index in [4.69, 9.17) is 0 Å². The lowest BCUT2D eigenvalue weighted by atomic mass is 9.89. The van der Waals surface area contributed by atoms with Gasteiger partial charge in [-0.25, -0.2) is 0 Å². The Morgan fingerprint density at radius 1 is 1.00 bits per heavy atom. The highest BCUT2D eigenvalue weighted by atomic mass is 16.2. The molecule has 1 aromatic carbocycles. The van der Waals surface area contributed by atoms with Gasteiger partial charge in [-0.3, -0.25) is 14.5 Å². The molecule has 1 amide bonds. The van der Waals surface area contributed by atoms with Crippen molar-refractivity contribution < 1.29 is 9.59 Å². The summed E-state index contributed by atoms with van der Waals surface area (Å²) in [5.41, 5.74) is 0.813. The fourth-order valence-electron chi connectivity index (χ4n) is 4.35. The molecule has 2 fully saturated rings. The van der Waals surface area contributed by atoms with Crippen molar-refractivity contribution in [2.24, 2.45) is 17.8 Å². The van der Waals surface area contributed by atoms with Gasteiger partial charge in [0.1, 0.15) is 0 Å². The van der Waals surface area contributed by atoms with E-state index in [1.807, 2.05) is 35.2 Å². The number of likely N-dealkylation sites (tertiary alicyclic amines) is 2. The molecule has 136 valence electrons. The number of rotatable bonds is 4. The Labute approximate surface area is 151 Å². The van der Waals surface area contributed by atoms with E-state index in [1.165, 1.54) is 6.42 Å². The first-order valence-electron chi connectivity index (χ1n) is 9.62. The highest BCUT2D eigenvalue weighted by molar-refractivity contribution is 5.97. The minimum absolute atomic E-state index is 0.101. The van der Waals surface area contributed by atoms with Crippen LogP contribution in [-0.2, 0) is 4.79 Å². The zero-order valence-corrected chi connectivity index (χ0v) is 15.5. The molecule has 2 saturated heterocycles. The van der Waals surface area contributed by atoms with Crippen LogP contribution in [0.5, 0.6) is 0 Å². The van der Waals surface area contributed by atoms with E-state index < -0.39 is 0 Å². The summed E-state index contributed by atoms with van der Waals surface area (Å²) in [5.74, 6) is 1.81. The van der Waals surface area contributed by atoms with Crippen molar-refractivity contribution in [1.82, 2.24) is 9.80 Å². The average Bonchev–Trinajstić information content (AvgIpc) is 2.61. The third-order valence-electron chi connectivity index (χ3n) is 5.60. The van der Waals surface area contributed by atoms with Crippen molar-refractivity contribution in [2.45, 2.75) is 33.1 Å². The van der Waals surface area contributed by atoms with Crippen LogP contribution in [0.3, 0.4) is 0 Å². The number of amides is 1. The van der Waals surface area contributed by atoms with Crippen LogP contribution < -0.4 is 0 Å². The first-order valence-corrected chi connectivity index (χ1v) is 9.62. The molecule has 0 radical (unpaired) electrons. The predicted octanol–water partition coefficient (Wildman–Crippen LogP) is 3.09. The predicted molar refractivity (Wildman–Crippen MR) is 99.5 cm³/mol. The molecule has 0 aromatic heterocycles. The molecule has 4 nitrogen and oxygen atoms in total. The maximum Gasteiger partial charge on any atom is 0.236 e. The lowest BCUT2D eigenvalue weighted by Gasteiger charge is -2.37. The minimum Gasteiger partial charge on any atom is -0.341 e. The van der Waals surface area contributed by atoms with Gasteiger partial charge in [0.2, 0.25) is 5.91 Å². The number of ketones is 1. The molecule has 0 N–H and O–H groups in total. The van der Waals surface area contributed by atoms with E-state index in [9.17, 15) is 9.59 Å². The normalized spacial score (nSPS) is 25.8. The van der Waals surface area contributed by atoms with Crippen LogP contribution in [0.1, 0.15) is 43.5 Å². The van der Waals surface area contributed by atoms with Crippen molar-refractivity contribution in [1.29, 1.82) is 0 Å². The summed E-state index contributed by atoms with van der Waals surface area (Å²) in [4.78, 5) is 29.4. The Morgan fingerprint density at radius 2 is 1.60 bits per heavy atom. The fourth-order valence-corrected chi connectivity index (χ4v) is 4.35. The quantitative estimate of drug-likeness (QED) is 0.790. The van der Waals surface area contributed by atoms with Gasteiger partial charge in [0, 0.05) is 24.6 Å². The van der Waals surface area contributed by atoms with Gasteiger partial charge in [-0.1, -0.05) is 44.2 Å². The van der Waals surface area contributed by atoms with Crippen molar-refractivity contribution in [3.05, 3.63) is 35.9 Å². The van der Waals surface area contributed by atoms with Crippen molar-refractivity contribution >= 4 is 11.7 Å². The fraction of sp³-hybridized carbons (Fsp3) is 0.619. The molecule has 2 atom stereocenters. The van der Waals surface area contributed by atoms with Crippen LogP contribution in [0.4, 0.5) is 0 Å². The Kier molecular flexibility index (Phi) is 5.89. The van der Waals surface area contributed by atoms with Gasteiger partial charge in [-0.15, -0.1) is 0 Å². The smallest absolute Gasteiger partial charge is 0.236 e. The van der Waals surface area contributed by atoms with Gasteiger partial charge in [0.15, 0.2) is 5.78 Å². The molecule has 0 bridgehead atoms. The number of carbonyl (C=O) groups is 2. The SMILES string of the molecule is CC1CC(C)CN(C(=O)CN2CCC(C(=O)c3ccccc3)CC2)C1. The van der Waals surface area contributed by atoms with Gasteiger partial charge in [-0.05, 0) is 44.2 Å². The molecule has 1 aromatic rings. The third kappa shape index (κ3) is 4.69. The molecule has 0 saturated carbocycles. The summed E-state index contributed by atoms with van der Waals surface area (Å²) >= 11 is 0. The first-order chi connectivity index (χ1) is 12.0. The number of hydrogen-bond acceptors (Lipinski definition) is 3. The molecule has 2 heterocycles. The zero-order chi connectivity index (χ0) is 17.8. The molecule has 4 heteroatoms. The largest absolute Gasteiger partial charge is 0.341 e. The molecule has 25 heavy (non-hydrogen) atoms. The second-order valence-corrected chi connectivity index (χ2v) is 8.03. The number of benzene rings is 1. The molecule has 0 aliphatic carbocycles. The lowest BCUT2D eigenvalue weighted by molar-refractivity contribution is -0.135. The summed E-state index contributed by atoms with van der Waals surface area (Å²) < 4.78 is 0. The minimum atomic E-state index is 0.101. The monoisotopic (exact) mass is 342 g/mol. The maximum atomic E-state index is 12.6. The molecular weight excluding hydrogens is 312 g/mol. The van der Waals surface area contributed by atoms with Crippen LogP contribution >= 0.6 is 0 Å². The molecule has 2 aliphatic rings. The van der Waals surface area contributed by atoms with Crippen LogP contribution in [-0.4, -0.2) is 54.2 Å². The Bertz CT molecular complexity index is 583. The average molecular weight is 342 g/mol.